The van der Waals surface area contributed by atoms with E-state index in [4.69, 9.17) is 0 Å². The Morgan fingerprint density at radius 1 is 0.946 bits per heavy atom. The predicted octanol–water partition coefficient (Wildman–Crippen LogP) is 4.77. The van der Waals surface area contributed by atoms with E-state index in [0.717, 1.165) is 11.0 Å². The molecule has 1 heterocycles. The van der Waals surface area contributed by atoms with Crippen molar-refractivity contribution in [3.05, 3.63) is 76.4 Å². The van der Waals surface area contributed by atoms with E-state index in [9.17, 15) is 24.3 Å². The fourth-order valence-electron chi connectivity index (χ4n) is 6.88. The van der Waals surface area contributed by atoms with E-state index < -0.39 is 29.2 Å². The Hall–Kier alpha value is -3.80. The van der Waals surface area contributed by atoms with Crippen LogP contribution >= 0.6 is 0 Å². The van der Waals surface area contributed by atoms with E-state index in [1.165, 1.54) is 11.0 Å². The van der Waals surface area contributed by atoms with Gasteiger partial charge in [-0.25, -0.2) is 0 Å². The summed E-state index contributed by atoms with van der Waals surface area (Å²) >= 11 is 0. The molecule has 4 atom stereocenters. The van der Waals surface area contributed by atoms with Gasteiger partial charge in [0.05, 0.1) is 11.8 Å². The average molecular weight is 496 g/mol. The molecule has 1 aliphatic heterocycles. The van der Waals surface area contributed by atoms with Crippen molar-refractivity contribution in [1.29, 1.82) is 0 Å². The standard InChI is InChI=1S/C31H29NO5/c1-15-13-23(33)22-14-21-18(11-12-20-25(21)30(37)32(29(20)36)31(2,3)4)24(26(22)27(15)34)19-10-9-16-7-5-6-8-17(16)28(19)35/h5-11,13,20-21,24-25,35H,12,14H2,1-4H3. The highest BCUT2D eigenvalue weighted by atomic mass is 16.3. The second kappa shape index (κ2) is 7.85. The lowest BCUT2D eigenvalue weighted by Gasteiger charge is -2.42. The molecule has 0 bridgehead atoms. The zero-order chi connectivity index (χ0) is 26.4. The SMILES string of the molecule is CC1=CC(=O)C2=C(C1=O)C(c1ccc3ccccc3c1O)C1=CCC3C(=O)N(C(C)(C)C)C(=O)C3C1C2. The topological polar surface area (TPSA) is 91.8 Å². The van der Waals surface area contributed by atoms with Gasteiger partial charge in [-0.3, -0.25) is 24.1 Å². The third-order valence-electron chi connectivity index (χ3n) is 8.48. The number of benzene rings is 2. The number of imide groups is 1. The number of aromatic hydroxyl groups is 1. The molecule has 6 heteroatoms. The van der Waals surface area contributed by atoms with Crippen LogP contribution in [0.15, 0.2) is 70.8 Å². The summed E-state index contributed by atoms with van der Waals surface area (Å²) in [5.74, 6) is -2.92. The normalized spacial score (nSPS) is 27.7. The maximum absolute atomic E-state index is 13.7. The van der Waals surface area contributed by atoms with Gasteiger partial charge in [-0.15, -0.1) is 0 Å². The molecule has 6 rings (SSSR count). The molecule has 1 N–H and O–H groups in total. The van der Waals surface area contributed by atoms with Crippen LogP contribution in [-0.4, -0.2) is 38.9 Å². The molecule has 4 aliphatic rings. The lowest BCUT2D eigenvalue weighted by Crippen LogP contribution is -2.46. The third kappa shape index (κ3) is 3.24. The molecule has 4 unspecified atom stereocenters. The number of hydrogen-bond acceptors (Lipinski definition) is 5. The summed E-state index contributed by atoms with van der Waals surface area (Å²) in [4.78, 5) is 55.3. The van der Waals surface area contributed by atoms with Crippen LogP contribution < -0.4 is 0 Å². The van der Waals surface area contributed by atoms with Crippen LogP contribution in [0.1, 0.15) is 52.0 Å². The van der Waals surface area contributed by atoms with Gasteiger partial charge < -0.3 is 5.11 Å². The maximum Gasteiger partial charge on any atom is 0.234 e. The van der Waals surface area contributed by atoms with Crippen LogP contribution in [0.25, 0.3) is 10.8 Å². The largest absolute Gasteiger partial charge is 0.507 e. The highest BCUT2D eigenvalue weighted by molar-refractivity contribution is 6.24. The minimum absolute atomic E-state index is 0.0659. The first-order chi connectivity index (χ1) is 17.5. The summed E-state index contributed by atoms with van der Waals surface area (Å²) in [5.41, 5.74) is 1.88. The molecule has 0 aromatic heterocycles. The molecule has 3 aliphatic carbocycles. The lowest BCUT2D eigenvalue weighted by atomic mass is 9.59. The van der Waals surface area contributed by atoms with Crippen LogP contribution in [0.4, 0.5) is 0 Å². The molecule has 2 amide bonds. The Kier molecular flexibility index (Phi) is 5.00. The minimum atomic E-state index is -0.661. The first kappa shape index (κ1) is 23.6. The van der Waals surface area contributed by atoms with Gasteiger partial charge in [0.2, 0.25) is 11.8 Å². The Bertz CT molecular complexity index is 1530. The third-order valence-corrected chi connectivity index (χ3v) is 8.48. The molecule has 6 nitrogen and oxygen atoms in total. The molecular formula is C31H29NO5. The monoisotopic (exact) mass is 495 g/mol. The number of fused-ring (bicyclic) bond motifs is 4. The molecule has 2 aromatic rings. The lowest BCUT2D eigenvalue weighted by molar-refractivity contribution is -0.145. The number of phenolic OH excluding ortho intramolecular Hbond substituents is 1. The van der Waals surface area contributed by atoms with E-state index in [-0.39, 0.29) is 35.6 Å². The molecule has 37 heavy (non-hydrogen) atoms. The number of phenols is 1. The number of hydrogen-bond donors (Lipinski definition) is 1. The number of amides is 2. The summed E-state index contributed by atoms with van der Waals surface area (Å²) < 4.78 is 0. The van der Waals surface area contributed by atoms with Gasteiger partial charge in [0.25, 0.3) is 0 Å². The van der Waals surface area contributed by atoms with Crippen LogP contribution in [-0.2, 0) is 19.2 Å². The highest BCUT2D eigenvalue weighted by Crippen LogP contribution is 2.57. The number of nitrogens with zero attached hydrogens (tertiary/aromatic N) is 1. The zero-order valence-electron chi connectivity index (χ0n) is 21.4. The zero-order valence-corrected chi connectivity index (χ0v) is 21.4. The van der Waals surface area contributed by atoms with Gasteiger partial charge in [-0.1, -0.05) is 48.0 Å². The van der Waals surface area contributed by atoms with E-state index in [2.05, 4.69) is 0 Å². The summed E-state index contributed by atoms with van der Waals surface area (Å²) in [6.07, 6.45) is 3.98. The fourth-order valence-corrected chi connectivity index (χ4v) is 6.88. The first-order valence-electron chi connectivity index (χ1n) is 12.8. The number of carbonyl (C=O) groups is 4. The van der Waals surface area contributed by atoms with Gasteiger partial charge >= 0.3 is 0 Å². The van der Waals surface area contributed by atoms with E-state index >= 15 is 0 Å². The van der Waals surface area contributed by atoms with Crippen molar-refractivity contribution in [3.63, 3.8) is 0 Å². The van der Waals surface area contributed by atoms with Crippen molar-refractivity contribution in [2.45, 2.75) is 52.0 Å². The predicted molar refractivity (Wildman–Crippen MR) is 139 cm³/mol. The molecule has 1 fully saturated rings. The quantitative estimate of drug-likeness (QED) is 0.350. The molecule has 0 radical (unpaired) electrons. The number of Topliss-reactive ketones (excluding diaryl/α,β-unsaturated/α-hetero) is 1. The number of allylic oxidation sites excluding steroid dienone is 6. The van der Waals surface area contributed by atoms with E-state index in [0.29, 0.717) is 34.1 Å². The number of likely N-dealkylation sites (tertiary alicyclic amines) is 1. The number of carbonyl (C=O) groups excluding carboxylic acids is 4. The second-order valence-corrected chi connectivity index (χ2v) is 11.6. The smallest absolute Gasteiger partial charge is 0.234 e. The van der Waals surface area contributed by atoms with Crippen LogP contribution in [0, 0.1) is 17.8 Å². The van der Waals surface area contributed by atoms with Crippen molar-refractivity contribution in [1.82, 2.24) is 4.90 Å². The molecule has 188 valence electrons. The molecule has 0 spiro atoms. The summed E-state index contributed by atoms with van der Waals surface area (Å²) in [6.45, 7) is 7.19. The molecule has 1 saturated heterocycles. The van der Waals surface area contributed by atoms with Crippen molar-refractivity contribution in [2.75, 3.05) is 0 Å². The summed E-state index contributed by atoms with van der Waals surface area (Å²) in [7, 11) is 0. The number of ketones is 2. The Labute approximate surface area is 215 Å². The van der Waals surface area contributed by atoms with Crippen molar-refractivity contribution in [3.8, 4) is 5.75 Å². The summed E-state index contributed by atoms with van der Waals surface area (Å²) in [5, 5.41) is 13.0. The number of rotatable bonds is 1. The summed E-state index contributed by atoms with van der Waals surface area (Å²) in [6, 6.07) is 11.2. The second-order valence-electron chi connectivity index (χ2n) is 11.6. The van der Waals surface area contributed by atoms with E-state index in [1.54, 1.807) is 6.92 Å². The first-order valence-corrected chi connectivity index (χ1v) is 12.8. The average Bonchev–Trinajstić information content (AvgIpc) is 3.12. The van der Waals surface area contributed by atoms with Gasteiger partial charge in [0, 0.05) is 39.1 Å². The van der Waals surface area contributed by atoms with Gasteiger partial charge in [-0.05, 0) is 57.9 Å². The molecular weight excluding hydrogens is 466 g/mol. The van der Waals surface area contributed by atoms with Gasteiger partial charge in [0.1, 0.15) is 5.75 Å². The van der Waals surface area contributed by atoms with Crippen LogP contribution in [0.3, 0.4) is 0 Å². The van der Waals surface area contributed by atoms with Crippen LogP contribution in [0.5, 0.6) is 5.75 Å². The maximum atomic E-state index is 13.7. The van der Waals surface area contributed by atoms with Crippen molar-refractivity contribution < 1.29 is 24.3 Å². The van der Waals surface area contributed by atoms with Gasteiger partial charge in [0.15, 0.2) is 11.6 Å². The fraction of sp³-hybridized carbons (Fsp3) is 0.355. The van der Waals surface area contributed by atoms with E-state index in [1.807, 2.05) is 63.2 Å². The van der Waals surface area contributed by atoms with Crippen molar-refractivity contribution >= 4 is 34.2 Å². The highest BCUT2D eigenvalue weighted by Gasteiger charge is 2.58. The Balaban J connectivity index is 1.57. The van der Waals surface area contributed by atoms with Crippen molar-refractivity contribution in [2.24, 2.45) is 17.8 Å². The van der Waals surface area contributed by atoms with Crippen LogP contribution in [0.2, 0.25) is 0 Å². The molecule has 0 saturated carbocycles. The van der Waals surface area contributed by atoms with Gasteiger partial charge in [-0.2, -0.15) is 0 Å². The molecule has 2 aromatic carbocycles. The Morgan fingerprint density at radius 2 is 1.68 bits per heavy atom. The minimum Gasteiger partial charge on any atom is -0.507 e. The Morgan fingerprint density at radius 3 is 2.41 bits per heavy atom.